The number of nitrogens with one attached hydrogen (secondary N) is 1. The lowest BCUT2D eigenvalue weighted by Gasteiger charge is -2.36. The molecule has 1 saturated heterocycles. The number of Topliss-reactive ketones (excluding diaryl/α,β-unsaturated/α-hetero) is 1. The van der Waals surface area contributed by atoms with Gasteiger partial charge in [-0.2, -0.15) is 4.98 Å². The number of aromatic nitrogens is 2. The Balaban J connectivity index is 1.41. The molecule has 1 N–H and O–H groups in total. The third kappa shape index (κ3) is 4.15. The molecule has 0 spiro atoms. The fourth-order valence-corrected chi connectivity index (χ4v) is 4.46. The van der Waals surface area contributed by atoms with Crippen LogP contribution in [0.4, 0.5) is 27.5 Å². The number of benzene rings is 2. The summed E-state index contributed by atoms with van der Waals surface area (Å²) >= 11 is 0. The molecular formula is C25H26FN5O. The van der Waals surface area contributed by atoms with Crippen LogP contribution < -0.4 is 15.1 Å². The van der Waals surface area contributed by atoms with Crippen molar-refractivity contribution in [3.05, 3.63) is 71.7 Å². The van der Waals surface area contributed by atoms with E-state index in [9.17, 15) is 9.18 Å². The van der Waals surface area contributed by atoms with Crippen LogP contribution in [-0.2, 0) is 6.42 Å². The molecule has 1 atom stereocenters. The molecule has 2 aromatic carbocycles. The molecule has 2 heterocycles. The second-order valence-corrected chi connectivity index (χ2v) is 8.57. The summed E-state index contributed by atoms with van der Waals surface area (Å²) < 4.78 is 13.3. The number of halogens is 1. The monoisotopic (exact) mass is 431 g/mol. The summed E-state index contributed by atoms with van der Waals surface area (Å²) in [6.45, 7) is 5.19. The minimum atomic E-state index is -0.225. The number of hydrogen-bond donors (Lipinski definition) is 1. The summed E-state index contributed by atoms with van der Waals surface area (Å²) in [4.78, 5) is 26.9. The number of carbonyl (C=O) groups excluding carboxylic acids is 1. The number of hydrogen-bond acceptors (Lipinski definition) is 6. The van der Waals surface area contributed by atoms with Crippen LogP contribution in [0.1, 0.15) is 29.4 Å². The first kappa shape index (κ1) is 20.4. The quantitative estimate of drug-likeness (QED) is 0.659. The van der Waals surface area contributed by atoms with Gasteiger partial charge in [0.25, 0.3) is 0 Å². The number of nitrogens with zero attached hydrogens (tertiary/aromatic N) is 4. The fourth-order valence-electron chi connectivity index (χ4n) is 4.46. The van der Waals surface area contributed by atoms with Gasteiger partial charge in [-0.25, -0.2) is 9.37 Å². The van der Waals surface area contributed by atoms with Crippen LogP contribution >= 0.6 is 0 Å². The molecule has 32 heavy (non-hydrogen) atoms. The summed E-state index contributed by atoms with van der Waals surface area (Å²) in [6.07, 6.45) is 1.30. The van der Waals surface area contributed by atoms with Crippen molar-refractivity contribution in [1.82, 2.24) is 9.97 Å². The van der Waals surface area contributed by atoms with Crippen molar-refractivity contribution in [1.29, 1.82) is 0 Å². The molecule has 5 rings (SSSR count). The zero-order valence-electron chi connectivity index (χ0n) is 18.1. The lowest BCUT2D eigenvalue weighted by molar-refractivity contribution is 0.0952. The molecule has 0 amide bonds. The number of piperazine rings is 1. The highest BCUT2D eigenvalue weighted by Crippen LogP contribution is 2.32. The molecule has 1 unspecified atom stereocenters. The van der Waals surface area contributed by atoms with E-state index in [1.165, 1.54) is 12.1 Å². The third-order valence-electron chi connectivity index (χ3n) is 6.12. The zero-order chi connectivity index (χ0) is 22.1. The van der Waals surface area contributed by atoms with Gasteiger partial charge in [0.15, 0.2) is 5.78 Å². The van der Waals surface area contributed by atoms with E-state index >= 15 is 0 Å². The van der Waals surface area contributed by atoms with Crippen LogP contribution in [0.25, 0.3) is 0 Å². The van der Waals surface area contributed by atoms with Gasteiger partial charge in [0.2, 0.25) is 5.95 Å². The van der Waals surface area contributed by atoms with E-state index < -0.39 is 0 Å². The third-order valence-corrected chi connectivity index (χ3v) is 6.12. The molecule has 2 aliphatic rings. The number of ketones is 1. The highest BCUT2D eigenvalue weighted by atomic mass is 19.1. The molecule has 3 aromatic rings. The van der Waals surface area contributed by atoms with E-state index in [0.717, 1.165) is 49.7 Å². The maximum atomic E-state index is 13.3. The van der Waals surface area contributed by atoms with Crippen molar-refractivity contribution < 1.29 is 9.18 Å². The maximum absolute atomic E-state index is 13.3. The van der Waals surface area contributed by atoms with Crippen LogP contribution in [0.3, 0.4) is 0 Å². The molecule has 1 aliphatic carbocycles. The van der Waals surface area contributed by atoms with E-state index in [1.54, 1.807) is 0 Å². The van der Waals surface area contributed by atoms with Crippen molar-refractivity contribution in [3.63, 3.8) is 0 Å². The Morgan fingerprint density at radius 2 is 1.59 bits per heavy atom. The molecule has 1 aromatic heterocycles. The van der Waals surface area contributed by atoms with E-state index in [0.29, 0.717) is 23.8 Å². The Hall–Kier alpha value is -3.48. The molecule has 0 saturated carbocycles. The number of carbonyl (C=O) groups is 1. The normalized spacial score (nSPS) is 18.4. The lowest BCUT2D eigenvalue weighted by atomic mass is 9.87. The molecule has 6 nitrogen and oxygen atoms in total. The number of para-hydroxylation sites is 1. The predicted octanol–water partition coefficient (Wildman–Crippen LogP) is 4.45. The smallest absolute Gasteiger partial charge is 0.227 e. The second kappa shape index (κ2) is 8.57. The number of rotatable bonds is 4. The first-order chi connectivity index (χ1) is 15.6. The number of fused-ring (bicyclic) bond motifs is 1. The minimum absolute atomic E-state index is 0.102. The van der Waals surface area contributed by atoms with Crippen molar-refractivity contribution in [2.45, 2.75) is 19.8 Å². The van der Waals surface area contributed by atoms with Gasteiger partial charge in [0.05, 0.1) is 11.3 Å². The summed E-state index contributed by atoms with van der Waals surface area (Å²) in [5, 5.41) is 3.35. The molecule has 1 aliphatic heterocycles. The fraction of sp³-hybridized carbons (Fsp3) is 0.320. The van der Waals surface area contributed by atoms with Crippen LogP contribution in [0.2, 0.25) is 0 Å². The Bertz CT molecular complexity index is 1110. The van der Waals surface area contributed by atoms with Gasteiger partial charge in [-0.15, -0.1) is 0 Å². The maximum Gasteiger partial charge on any atom is 0.227 e. The van der Waals surface area contributed by atoms with Gasteiger partial charge in [0, 0.05) is 44.0 Å². The Morgan fingerprint density at radius 3 is 2.31 bits per heavy atom. The first-order valence-corrected chi connectivity index (χ1v) is 11.1. The van der Waals surface area contributed by atoms with E-state index in [4.69, 9.17) is 9.97 Å². The topological polar surface area (TPSA) is 61.4 Å². The van der Waals surface area contributed by atoms with Crippen molar-refractivity contribution in [2.24, 2.45) is 5.92 Å². The molecule has 1 fully saturated rings. The molecule has 0 bridgehead atoms. The molecule has 0 radical (unpaired) electrons. The van der Waals surface area contributed by atoms with Gasteiger partial charge in [-0.1, -0.05) is 25.1 Å². The Labute approximate surface area is 187 Å². The molecule has 164 valence electrons. The van der Waals surface area contributed by atoms with Gasteiger partial charge < -0.3 is 15.1 Å². The van der Waals surface area contributed by atoms with Crippen LogP contribution in [-0.4, -0.2) is 41.9 Å². The second-order valence-electron chi connectivity index (χ2n) is 8.57. The van der Waals surface area contributed by atoms with E-state index in [1.807, 2.05) is 42.5 Å². The predicted molar refractivity (Wildman–Crippen MR) is 124 cm³/mol. The van der Waals surface area contributed by atoms with Crippen molar-refractivity contribution in [3.8, 4) is 0 Å². The summed E-state index contributed by atoms with van der Waals surface area (Å²) in [5.41, 5.74) is 3.37. The summed E-state index contributed by atoms with van der Waals surface area (Å²) in [6, 6.07) is 16.4. The van der Waals surface area contributed by atoms with Crippen LogP contribution in [0.5, 0.6) is 0 Å². The standard InChI is InChI=1S/C25H26FN5O/c1-17-15-21-23(22(32)16-17)24(27-19-5-3-2-4-6-19)29-25(28-21)31-13-11-30(12-14-31)20-9-7-18(26)8-10-20/h2-10,17H,11-16H2,1H3,(H,27,28,29). The van der Waals surface area contributed by atoms with E-state index in [2.05, 4.69) is 22.0 Å². The molecular weight excluding hydrogens is 405 g/mol. The van der Waals surface area contributed by atoms with Gasteiger partial charge in [0.1, 0.15) is 11.6 Å². The Kier molecular flexibility index (Phi) is 5.47. The van der Waals surface area contributed by atoms with Crippen molar-refractivity contribution >= 4 is 28.9 Å². The summed E-state index contributed by atoms with van der Waals surface area (Å²) in [5.74, 6) is 1.40. The first-order valence-electron chi connectivity index (χ1n) is 11.1. The minimum Gasteiger partial charge on any atom is -0.368 e. The van der Waals surface area contributed by atoms with Gasteiger partial charge in [-0.3, -0.25) is 4.79 Å². The Morgan fingerprint density at radius 1 is 0.906 bits per heavy atom. The lowest BCUT2D eigenvalue weighted by Crippen LogP contribution is -2.47. The van der Waals surface area contributed by atoms with Crippen LogP contribution in [0, 0.1) is 11.7 Å². The number of anilines is 4. The molecule has 7 heteroatoms. The van der Waals surface area contributed by atoms with Gasteiger partial charge in [-0.05, 0) is 48.7 Å². The van der Waals surface area contributed by atoms with Crippen LogP contribution in [0.15, 0.2) is 54.6 Å². The van der Waals surface area contributed by atoms with E-state index in [-0.39, 0.29) is 17.5 Å². The average molecular weight is 432 g/mol. The van der Waals surface area contributed by atoms with Gasteiger partial charge >= 0.3 is 0 Å². The average Bonchev–Trinajstić information content (AvgIpc) is 2.80. The summed E-state index contributed by atoms with van der Waals surface area (Å²) in [7, 11) is 0. The zero-order valence-corrected chi connectivity index (χ0v) is 18.1. The highest BCUT2D eigenvalue weighted by Gasteiger charge is 2.30. The SMILES string of the molecule is CC1CC(=O)c2c(nc(N3CCN(c4ccc(F)cc4)CC3)nc2Nc2ccccc2)C1. The highest BCUT2D eigenvalue weighted by molar-refractivity contribution is 6.03. The van der Waals surface area contributed by atoms with Crippen molar-refractivity contribution in [2.75, 3.05) is 41.3 Å². The largest absolute Gasteiger partial charge is 0.368 e.